The number of fused-ring (bicyclic) bond motifs is 1. The fourth-order valence-corrected chi connectivity index (χ4v) is 3.93. The number of piperazine rings is 1. The molecule has 1 aliphatic heterocycles. The minimum atomic E-state index is -0.516. The monoisotopic (exact) mass is 449 g/mol. The second-order valence-electron chi connectivity index (χ2n) is 7.99. The van der Waals surface area contributed by atoms with Gasteiger partial charge >= 0.3 is 0 Å². The van der Waals surface area contributed by atoms with Crippen molar-refractivity contribution in [1.82, 2.24) is 25.4 Å². The molecule has 0 saturated carbocycles. The van der Waals surface area contributed by atoms with Crippen LogP contribution in [0.2, 0.25) is 0 Å². The number of para-hydroxylation sites is 1. The largest absolute Gasteiger partial charge is 0.496 e. The number of hydrogen-bond donors (Lipinski definition) is 1. The summed E-state index contributed by atoms with van der Waals surface area (Å²) < 4.78 is 10.1. The number of aromatic nitrogens is 2. The van der Waals surface area contributed by atoms with Gasteiger partial charge in [0.1, 0.15) is 16.8 Å². The highest BCUT2D eigenvalue weighted by molar-refractivity contribution is 5.89. The van der Waals surface area contributed by atoms with Crippen molar-refractivity contribution >= 4 is 28.9 Å². The third-order valence-corrected chi connectivity index (χ3v) is 5.75. The zero-order valence-corrected chi connectivity index (χ0v) is 18.7. The first-order valence-corrected chi connectivity index (χ1v) is 10.8. The van der Waals surface area contributed by atoms with Crippen molar-refractivity contribution in [3.05, 3.63) is 59.7 Å². The fourth-order valence-electron chi connectivity index (χ4n) is 3.93. The molecule has 0 spiro atoms. The molecular weight excluding hydrogens is 422 g/mol. The lowest BCUT2D eigenvalue weighted by Crippen LogP contribution is -2.56. The Balaban J connectivity index is 1.38. The molecule has 9 nitrogen and oxygen atoms in total. The highest BCUT2D eigenvalue weighted by Crippen LogP contribution is 2.19. The number of rotatable bonds is 8. The summed E-state index contributed by atoms with van der Waals surface area (Å²) >= 11 is 0. The van der Waals surface area contributed by atoms with Gasteiger partial charge in [-0.25, -0.2) is 4.63 Å². The third-order valence-electron chi connectivity index (χ3n) is 5.75. The van der Waals surface area contributed by atoms with Gasteiger partial charge in [0.2, 0.25) is 11.8 Å². The molecular formula is C24H27N5O4. The molecule has 172 valence electrons. The normalized spacial score (nSPS) is 16.8. The molecule has 9 heteroatoms. The predicted octanol–water partition coefficient (Wildman–Crippen LogP) is 2.09. The standard InChI is InChI=1S/C24H27N5O4/c1-28(16-17-9-10-19-20(14-17)27-33-26-19)23(30)15-21-24(31)25-11-13-29(21)12-5-7-18-6-3-4-8-22(18)32-2/h3-10,14,21H,11-13,15-16H2,1-2H3,(H,25,31)/b7-5+/t21-/m1/s1. The van der Waals surface area contributed by atoms with Crippen LogP contribution in [0, 0.1) is 0 Å². The van der Waals surface area contributed by atoms with E-state index in [-0.39, 0.29) is 18.2 Å². The number of carbonyl (C=O) groups excluding carboxylic acids is 2. The summed E-state index contributed by atoms with van der Waals surface area (Å²) in [5.74, 6) is 0.566. The Bertz CT molecular complexity index is 1160. The molecule has 2 amide bonds. The van der Waals surface area contributed by atoms with Gasteiger partial charge in [0, 0.05) is 38.8 Å². The summed E-state index contributed by atoms with van der Waals surface area (Å²) in [6, 6.07) is 12.8. The smallest absolute Gasteiger partial charge is 0.237 e. The lowest BCUT2D eigenvalue weighted by atomic mass is 10.1. The number of benzene rings is 2. The van der Waals surface area contributed by atoms with Gasteiger partial charge in [-0.15, -0.1) is 0 Å². The molecule has 1 fully saturated rings. The second kappa shape index (κ2) is 10.3. The Morgan fingerprint density at radius 3 is 2.94 bits per heavy atom. The Hall–Kier alpha value is -3.72. The molecule has 33 heavy (non-hydrogen) atoms. The lowest BCUT2D eigenvalue weighted by molar-refractivity contribution is -0.138. The number of methoxy groups -OCH3 is 1. The van der Waals surface area contributed by atoms with E-state index in [1.54, 1.807) is 19.1 Å². The lowest BCUT2D eigenvalue weighted by Gasteiger charge is -2.34. The maximum absolute atomic E-state index is 12.9. The molecule has 1 aliphatic rings. The van der Waals surface area contributed by atoms with Gasteiger partial charge in [-0.3, -0.25) is 14.5 Å². The van der Waals surface area contributed by atoms with Gasteiger partial charge in [-0.1, -0.05) is 36.4 Å². The molecule has 0 bridgehead atoms. The van der Waals surface area contributed by atoms with E-state index in [1.165, 1.54) is 0 Å². The van der Waals surface area contributed by atoms with Gasteiger partial charge < -0.3 is 15.0 Å². The van der Waals surface area contributed by atoms with Crippen LogP contribution in [0.3, 0.4) is 0 Å². The maximum Gasteiger partial charge on any atom is 0.237 e. The van der Waals surface area contributed by atoms with Crippen molar-refractivity contribution in [3.63, 3.8) is 0 Å². The van der Waals surface area contributed by atoms with E-state index in [9.17, 15) is 9.59 Å². The maximum atomic E-state index is 12.9. The van der Waals surface area contributed by atoms with Crippen molar-refractivity contribution in [2.75, 3.05) is 33.8 Å². The number of nitrogens with one attached hydrogen (secondary N) is 1. The van der Waals surface area contributed by atoms with E-state index in [1.807, 2.05) is 59.5 Å². The van der Waals surface area contributed by atoms with Gasteiger partial charge in [-0.2, -0.15) is 0 Å². The SMILES string of the molecule is COc1ccccc1/C=C/CN1CCNC(=O)[C@H]1CC(=O)N(C)Cc1ccc2nonc2c1. The molecule has 1 saturated heterocycles. The third kappa shape index (κ3) is 5.38. The predicted molar refractivity (Wildman–Crippen MR) is 123 cm³/mol. The average molecular weight is 450 g/mol. The van der Waals surface area contributed by atoms with Crippen LogP contribution in [-0.4, -0.2) is 71.8 Å². The van der Waals surface area contributed by atoms with Crippen LogP contribution in [0.25, 0.3) is 17.1 Å². The molecule has 2 aromatic carbocycles. The zero-order chi connectivity index (χ0) is 23.2. The zero-order valence-electron chi connectivity index (χ0n) is 18.7. The summed E-state index contributed by atoms with van der Waals surface area (Å²) in [7, 11) is 3.38. The van der Waals surface area contributed by atoms with Gasteiger partial charge in [-0.05, 0) is 34.1 Å². The highest BCUT2D eigenvalue weighted by atomic mass is 16.6. The Kier molecular flexibility index (Phi) is 6.99. The van der Waals surface area contributed by atoms with Gasteiger partial charge in [0.25, 0.3) is 0 Å². The van der Waals surface area contributed by atoms with E-state index in [4.69, 9.17) is 9.37 Å². The van der Waals surface area contributed by atoms with E-state index in [2.05, 4.69) is 15.6 Å². The van der Waals surface area contributed by atoms with Crippen molar-refractivity contribution in [3.8, 4) is 5.75 Å². The Morgan fingerprint density at radius 2 is 2.09 bits per heavy atom. The fraction of sp³-hybridized carbons (Fsp3) is 0.333. The van der Waals surface area contributed by atoms with Crippen LogP contribution in [0.15, 0.2) is 53.2 Å². The summed E-state index contributed by atoms with van der Waals surface area (Å²) in [5, 5.41) is 10.5. The minimum Gasteiger partial charge on any atom is -0.496 e. The summed E-state index contributed by atoms with van der Waals surface area (Å²) in [6.45, 7) is 2.21. The first-order chi connectivity index (χ1) is 16.0. The van der Waals surface area contributed by atoms with E-state index >= 15 is 0 Å². The van der Waals surface area contributed by atoms with Crippen LogP contribution in [0.5, 0.6) is 5.75 Å². The summed E-state index contributed by atoms with van der Waals surface area (Å²) in [5.41, 5.74) is 3.20. The van der Waals surface area contributed by atoms with Crippen LogP contribution < -0.4 is 10.1 Å². The van der Waals surface area contributed by atoms with Crippen LogP contribution in [0.1, 0.15) is 17.5 Å². The minimum absolute atomic E-state index is 0.103. The highest BCUT2D eigenvalue weighted by Gasteiger charge is 2.31. The number of carbonyl (C=O) groups is 2. The molecule has 0 radical (unpaired) electrons. The average Bonchev–Trinajstić information content (AvgIpc) is 3.29. The molecule has 1 N–H and O–H groups in total. The number of hydrogen-bond acceptors (Lipinski definition) is 7. The molecule has 0 aliphatic carbocycles. The quantitative estimate of drug-likeness (QED) is 0.562. The first-order valence-electron chi connectivity index (χ1n) is 10.8. The van der Waals surface area contributed by atoms with E-state index in [0.717, 1.165) is 16.9 Å². The van der Waals surface area contributed by atoms with Crippen molar-refractivity contribution in [2.24, 2.45) is 0 Å². The van der Waals surface area contributed by atoms with E-state index < -0.39 is 6.04 Å². The van der Waals surface area contributed by atoms with Crippen molar-refractivity contribution < 1.29 is 19.0 Å². The Labute approximate surface area is 191 Å². The summed E-state index contributed by atoms with van der Waals surface area (Å²) in [6.07, 6.45) is 4.09. The molecule has 3 aromatic rings. The summed E-state index contributed by atoms with van der Waals surface area (Å²) in [4.78, 5) is 29.2. The molecule has 1 aromatic heterocycles. The van der Waals surface area contributed by atoms with Crippen molar-refractivity contribution in [2.45, 2.75) is 19.0 Å². The topological polar surface area (TPSA) is 101 Å². The molecule has 4 rings (SSSR count). The van der Waals surface area contributed by atoms with Crippen LogP contribution in [0.4, 0.5) is 0 Å². The van der Waals surface area contributed by atoms with E-state index in [0.29, 0.717) is 37.2 Å². The van der Waals surface area contributed by atoms with Crippen molar-refractivity contribution in [1.29, 1.82) is 0 Å². The first kappa shape index (κ1) is 22.5. The number of ether oxygens (including phenoxy) is 1. The van der Waals surface area contributed by atoms with Crippen LogP contribution in [-0.2, 0) is 16.1 Å². The number of nitrogens with zero attached hydrogens (tertiary/aromatic N) is 4. The molecule has 0 unspecified atom stereocenters. The molecule has 1 atom stereocenters. The Morgan fingerprint density at radius 1 is 1.27 bits per heavy atom. The number of amides is 2. The van der Waals surface area contributed by atoms with Crippen LogP contribution >= 0.6 is 0 Å². The second-order valence-corrected chi connectivity index (χ2v) is 7.99. The van der Waals surface area contributed by atoms with Gasteiger partial charge in [0.05, 0.1) is 19.6 Å². The van der Waals surface area contributed by atoms with Gasteiger partial charge in [0.15, 0.2) is 0 Å². The molecule has 2 heterocycles.